The van der Waals surface area contributed by atoms with Gasteiger partial charge in [-0.1, -0.05) is 177 Å². The number of hydrogen-bond donors (Lipinski definition) is 0. The van der Waals surface area contributed by atoms with Crippen LogP contribution in [0.2, 0.25) is 0 Å². The monoisotopic (exact) mass is 576 g/mol. The third-order valence-electron chi connectivity index (χ3n) is 7.59. The summed E-state index contributed by atoms with van der Waals surface area (Å²) in [7, 11) is 0. The Morgan fingerprint density at radius 2 is 0.643 bits per heavy atom. The maximum atomic E-state index is 11.9. The van der Waals surface area contributed by atoms with Crippen molar-refractivity contribution in [3.8, 4) is 0 Å². The summed E-state index contributed by atoms with van der Waals surface area (Å²) in [6.07, 6.45) is 22.7. The lowest BCUT2D eigenvalue weighted by Crippen LogP contribution is -2.13. The molecule has 0 saturated heterocycles. The molecule has 42 heavy (non-hydrogen) atoms. The number of rotatable bonds is 24. The molecule has 0 unspecified atom stereocenters. The van der Waals surface area contributed by atoms with Crippen molar-refractivity contribution in [2.75, 3.05) is 0 Å². The molecule has 0 amide bonds. The van der Waals surface area contributed by atoms with E-state index in [1.54, 1.807) is 48.5 Å². The summed E-state index contributed by atoms with van der Waals surface area (Å²) in [5.74, 6) is -1.17. The molecule has 0 bridgehead atoms. The van der Waals surface area contributed by atoms with Crippen LogP contribution in [0.3, 0.4) is 0 Å². The third-order valence-corrected chi connectivity index (χ3v) is 7.59. The van der Waals surface area contributed by atoms with E-state index in [2.05, 4.69) is 13.8 Å². The van der Waals surface area contributed by atoms with E-state index >= 15 is 0 Å². The summed E-state index contributed by atoms with van der Waals surface area (Å²) in [6.45, 7) is 4.46. The fraction of sp³-hybridized carbons (Fsp3) is 0.579. The summed E-state index contributed by atoms with van der Waals surface area (Å²) in [4.78, 5) is 47.3. The van der Waals surface area contributed by atoms with Crippen molar-refractivity contribution in [3.63, 3.8) is 0 Å². The molecule has 0 atom stereocenters. The lowest BCUT2D eigenvalue weighted by molar-refractivity contribution is -0.115. The summed E-state index contributed by atoms with van der Waals surface area (Å²) < 4.78 is 0. The van der Waals surface area contributed by atoms with Gasteiger partial charge in [-0.3, -0.25) is 19.2 Å². The average molecular weight is 577 g/mol. The largest absolute Gasteiger partial charge is 0.290 e. The van der Waals surface area contributed by atoms with Gasteiger partial charge in [0.05, 0.1) is 0 Å². The Morgan fingerprint density at radius 3 is 0.929 bits per heavy atom. The third kappa shape index (κ3) is 18.5. The van der Waals surface area contributed by atoms with Crippen LogP contribution in [0.5, 0.6) is 0 Å². The number of ketones is 4. The first-order chi connectivity index (χ1) is 20.5. The van der Waals surface area contributed by atoms with Crippen LogP contribution in [-0.4, -0.2) is 23.1 Å². The minimum atomic E-state index is -0.338. The van der Waals surface area contributed by atoms with Gasteiger partial charge in [0.25, 0.3) is 0 Å². The van der Waals surface area contributed by atoms with Crippen molar-refractivity contribution >= 4 is 23.1 Å². The first-order valence-corrected chi connectivity index (χ1v) is 16.8. The molecule has 4 nitrogen and oxygen atoms in total. The van der Waals surface area contributed by atoms with Gasteiger partial charge < -0.3 is 0 Å². The Labute approximate surface area is 256 Å². The molecule has 0 aliphatic heterocycles. The Balaban J connectivity index is 0.000000420. The second-order valence-corrected chi connectivity index (χ2v) is 11.4. The van der Waals surface area contributed by atoms with E-state index in [1.807, 2.05) is 12.1 Å². The molecule has 0 aromatic heterocycles. The van der Waals surface area contributed by atoms with Gasteiger partial charge in [0.15, 0.2) is 0 Å². The van der Waals surface area contributed by atoms with Gasteiger partial charge in [0.1, 0.15) is 0 Å². The van der Waals surface area contributed by atoms with Crippen LogP contribution in [0.25, 0.3) is 0 Å². The highest BCUT2D eigenvalue weighted by atomic mass is 16.2. The van der Waals surface area contributed by atoms with Gasteiger partial charge >= 0.3 is 0 Å². The predicted octanol–water partition coefficient (Wildman–Crippen LogP) is 10.7. The van der Waals surface area contributed by atoms with E-state index in [1.165, 1.54) is 89.9 Å². The average Bonchev–Trinajstić information content (AvgIpc) is 3.03. The van der Waals surface area contributed by atoms with E-state index in [-0.39, 0.29) is 23.1 Å². The van der Waals surface area contributed by atoms with Gasteiger partial charge in [-0.2, -0.15) is 0 Å². The summed E-state index contributed by atoms with van der Waals surface area (Å²) in [6, 6.07) is 17.7. The Hall–Kier alpha value is -2.88. The summed E-state index contributed by atoms with van der Waals surface area (Å²) in [5, 5.41) is 0. The fourth-order valence-electron chi connectivity index (χ4n) is 4.92. The molecule has 2 aromatic carbocycles. The van der Waals surface area contributed by atoms with Crippen LogP contribution in [0.4, 0.5) is 0 Å². The Kier molecular flexibility index (Phi) is 22.8. The van der Waals surface area contributed by atoms with E-state index in [4.69, 9.17) is 0 Å². The molecule has 0 fully saturated rings. The minimum Gasteiger partial charge on any atom is -0.290 e. The Morgan fingerprint density at radius 1 is 0.381 bits per heavy atom. The topological polar surface area (TPSA) is 68.3 Å². The van der Waals surface area contributed by atoms with Crippen molar-refractivity contribution in [3.05, 3.63) is 71.8 Å². The zero-order valence-corrected chi connectivity index (χ0v) is 26.5. The van der Waals surface area contributed by atoms with E-state index in [0.717, 1.165) is 25.7 Å². The second kappa shape index (κ2) is 25.8. The van der Waals surface area contributed by atoms with Crippen LogP contribution in [0.1, 0.15) is 163 Å². The summed E-state index contributed by atoms with van der Waals surface area (Å²) >= 11 is 0. The smallest absolute Gasteiger partial charge is 0.228 e. The zero-order valence-electron chi connectivity index (χ0n) is 26.5. The van der Waals surface area contributed by atoms with Crippen molar-refractivity contribution in [2.24, 2.45) is 0 Å². The summed E-state index contributed by atoms with van der Waals surface area (Å²) in [5.41, 5.74) is 1.02. The van der Waals surface area contributed by atoms with Crippen molar-refractivity contribution in [1.29, 1.82) is 0 Å². The normalized spacial score (nSPS) is 10.5. The zero-order chi connectivity index (χ0) is 30.7. The quantitative estimate of drug-likeness (QED) is 0.0708. The SMILES string of the molecule is CCCCCCCCCCCC(=O)C(=O)c1ccccc1.CCCCCCCCCCCC(=O)C(=O)c1ccccc1. The molecule has 2 aromatic rings. The molecule has 0 aliphatic rings. The molecule has 0 saturated carbocycles. The van der Waals surface area contributed by atoms with E-state index in [0.29, 0.717) is 24.0 Å². The fourth-order valence-corrected chi connectivity index (χ4v) is 4.92. The molecule has 4 heteroatoms. The highest BCUT2D eigenvalue weighted by molar-refractivity contribution is 6.44. The standard InChI is InChI=1S/2C19H28O2/c2*1-2-3-4-5-6-7-8-9-13-16-18(20)19(21)17-14-11-10-12-15-17/h2*10-12,14-15H,2-9,13,16H2,1H3. The molecule has 232 valence electrons. The first kappa shape index (κ1) is 37.1. The molecule has 0 radical (unpaired) electrons. The number of unbranched alkanes of at least 4 members (excludes halogenated alkanes) is 16. The molecular formula is C38H56O4. The minimum absolute atomic E-state index is 0.246. The van der Waals surface area contributed by atoms with E-state index < -0.39 is 0 Å². The first-order valence-electron chi connectivity index (χ1n) is 16.8. The van der Waals surface area contributed by atoms with Crippen LogP contribution in [0.15, 0.2) is 60.7 Å². The number of carbonyl (C=O) groups is 4. The number of benzene rings is 2. The highest BCUT2D eigenvalue weighted by Crippen LogP contribution is 2.13. The van der Waals surface area contributed by atoms with E-state index in [9.17, 15) is 19.2 Å². The molecule has 0 aliphatic carbocycles. The van der Waals surface area contributed by atoms with Gasteiger partial charge in [-0.25, -0.2) is 0 Å². The molecule has 0 N–H and O–H groups in total. The molecule has 0 spiro atoms. The van der Waals surface area contributed by atoms with Crippen molar-refractivity contribution < 1.29 is 19.2 Å². The van der Waals surface area contributed by atoms with Gasteiger partial charge in [0, 0.05) is 24.0 Å². The second-order valence-electron chi connectivity index (χ2n) is 11.4. The number of carbonyl (C=O) groups excluding carboxylic acids is 4. The van der Waals surface area contributed by atoms with Gasteiger partial charge in [-0.15, -0.1) is 0 Å². The highest BCUT2D eigenvalue weighted by Gasteiger charge is 2.15. The predicted molar refractivity (Wildman–Crippen MR) is 175 cm³/mol. The molecular weight excluding hydrogens is 520 g/mol. The van der Waals surface area contributed by atoms with Gasteiger partial charge in [-0.05, 0) is 12.8 Å². The number of hydrogen-bond acceptors (Lipinski definition) is 4. The van der Waals surface area contributed by atoms with Crippen LogP contribution >= 0.6 is 0 Å². The van der Waals surface area contributed by atoms with Gasteiger partial charge in [0.2, 0.25) is 23.1 Å². The number of Topliss-reactive ketones (excluding diaryl/α,β-unsaturated/α-hetero) is 4. The van der Waals surface area contributed by atoms with Crippen molar-refractivity contribution in [1.82, 2.24) is 0 Å². The molecule has 0 heterocycles. The lowest BCUT2D eigenvalue weighted by Gasteiger charge is -2.02. The molecule has 2 rings (SSSR count). The lowest BCUT2D eigenvalue weighted by atomic mass is 10.0. The van der Waals surface area contributed by atoms with Crippen LogP contribution < -0.4 is 0 Å². The Bertz CT molecular complexity index is 899. The van der Waals surface area contributed by atoms with Crippen LogP contribution in [-0.2, 0) is 9.59 Å². The maximum Gasteiger partial charge on any atom is 0.228 e. The maximum absolute atomic E-state index is 11.9. The van der Waals surface area contributed by atoms with Crippen LogP contribution in [0, 0.1) is 0 Å². The van der Waals surface area contributed by atoms with Crippen molar-refractivity contribution in [2.45, 2.75) is 142 Å².